The minimum Gasteiger partial charge on any atom is -0.383 e. The number of rotatable bonds is 7. The molecule has 0 spiro atoms. The molecular weight excluding hydrogens is 290 g/mol. The van der Waals surface area contributed by atoms with E-state index in [0.717, 1.165) is 5.56 Å². The molecule has 4 amide bonds. The van der Waals surface area contributed by atoms with Gasteiger partial charge in [-0.1, -0.05) is 0 Å². The van der Waals surface area contributed by atoms with Crippen molar-refractivity contribution in [1.82, 2.24) is 25.3 Å². The van der Waals surface area contributed by atoms with Gasteiger partial charge in [-0.05, 0) is 0 Å². The number of carbonyl (C=O) groups excluding carboxylic acids is 3. The molecule has 0 unspecified atom stereocenters. The van der Waals surface area contributed by atoms with Crippen LogP contribution >= 0.6 is 0 Å². The van der Waals surface area contributed by atoms with E-state index in [1.165, 1.54) is 0 Å². The van der Waals surface area contributed by atoms with Gasteiger partial charge in [0.25, 0.3) is 5.91 Å². The first kappa shape index (κ1) is 16.0. The Hall–Kier alpha value is -2.42. The van der Waals surface area contributed by atoms with Crippen molar-refractivity contribution in [3.05, 3.63) is 18.0 Å². The molecule has 1 aliphatic heterocycles. The minimum atomic E-state index is -0.820. The van der Waals surface area contributed by atoms with Gasteiger partial charge in [0.05, 0.1) is 19.2 Å². The molecule has 0 saturated carbocycles. The molecule has 1 fully saturated rings. The van der Waals surface area contributed by atoms with Gasteiger partial charge in [0.1, 0.15) is 6.04 Å². The molecule has 1 aromatic heterocycles. The van der Waals surface area contributed by atoms with Crippen LogP contribution in [0, 0.1) is 0 Å². The lowest BCUT2D eigenvalue weighted by Crippen LogP contribution is -2.39. The summed E-state index contributed by atoms with van der Waals surface area (Å²) >= 11 is 0. The number of nitrogens with zero attached hydrogens (tertiary/aromatic N) is 3. The number of amides is 4. The van der Waals surface area contributed by atoms with Gasteiger partial charge in [-0.2, -0.15) is 5.10 Å². The van der Waals surface area contributed by atoms with Crippen LogP contribution < -0.4 is 10.6 Å². The van der Waals surface area contributed by atoms with Gasteiger partial charge in [-0.15, -0.1) is 0 Å². The normalized spacial score (nSPS) is 17.3. The molecule has 0 aliphatic carbocycles. The third-order valence-electron chi connectivity index (χ3n) is 3.29. The number of ether oxygens (including phenoxy) is 1. The second-order valence-electron chi connectivity index (χ2n) is 5.05. The van der Waals surface area contributed by atoms with Gasteiger partial charge < -0.3 is 15.0 Å². The summed E-state index contributed by atoms with van der Waals surface area (Å²) in [7, 11) is 3.35. The fourth-order valence-electron chi connectivity index (χ4n) is 2.17. The number of methoxy groups -OCH3 is 1. The summed E-state index contributed by atoms with van der Waals surface area (Å²) in [6.45, 7) is 1.15. The zero-order valence-corrected chi connectivity index (χ0v) is 12.5. The van der Waals surface area contributed by atoms with Crippen molar-refractivity contribution in [3.8, 4) is 0 Å². The third kappa shape index (κ3) is 4.04. The van der Waals surface area contributed by atoms with Crippen LogP contribution in [-0.2, 0) is 27.9 Å². The molecule has 1 atom stereocenters. The lowest BCUT2D eigenvalue weighted by atomic mass is 10.2. The van der Waals surface area contributed by atoms with Crippen molar-refractivity contribution in [2.45, 2.75) is 19.0 Å². The molecule has 0 aromatic carbocycles. The van der Waals surface area contributed by atoms with Gasteiger partial charge in [0.2, 0.25) is 5.91 Å². The predicted octanol–water partition coefficient (Wildman–Crippen LogP) is -1.01. The SMILES string of the molecule is COCCN(Cc1cnn(C)c1)C(=O)C[C@H]1NC(=O)NC1=O. The summed E-state index contributed by atoms with van der Waals surface area (Å²) in [6.07, 6.45) is 3.41. The molecule has 0 radical (unpaired) electrons. The van der Waals surface area contributed by atoms with E-state index >= 15 is 0 Å². The van der Waals surface area contributed by atoms with Crippen molar-refractivity contribution in [2.24, 2.45) is 7.05 Å². The summed E-state index contributed by atoms with van der Waals surface area (Å²) < 4.78 is 6.66. The molecule has 1 saturated heterocycles. The van der Waals surface area contributed by atoms with Crippen molar-refractivity contribution >= 4 is 17.8 Å². The molecule has 2 N–H and O–H groups in total. The monoisotopic (exact) mass is 309 g/mol. The smallest absolute Gasteiger partial charge is 0.322 e. The van der Waals surface area contributed by atoms with Crippen LogP contribution in [0.1, 0.15) is 12.0 Å². The highest BCUT2D eigenvalue weighted by Gasteiger charge is 2.32. The first-order valence-electron chi connectivity index (χ1n) is 6.85. The van der Waals surface area contributed by atoms with Crippen molar-refractivity contribution in [2.75, 3.05) is 20.3 Å². The Morgan fingerprint density at radius 1 is 1.50 bits per heavy atom. The van der Waals surface area contributed by atoms with E-state index < -0.39 is 18.0 Å². The zero-order chi connectivity index (χ0) is 16.1. The van der Waals surface area contributed by atoms with Crippen LogP contribution in [0.25, 0.3) is 0 Å². The van der Waals surface area contributed by atoms with E-state index in [9.17, 15) is 14.4 Å². The molecule has 120 valence electrons. The summed E-state index contributed by atoms with van der Waals surface area (Å²) in [5.41, 5.74) is 0.881. The van der Waals surface area contributed by atoms with Crippen LogP contribution in [0.2, 0.25) is 0 Å². The van der Waals surface area contributed by atoms with E-state index in [1.807, 2.05) is 6.20 Å². The van der Waals surface area contributed by atoms with Crippen LogP contribution in [0.15, 0.2) is 12.4 Å². The Labute approximate surface area is 127 Å². The summed E-state index contributed by atoms with van der Waals surface area (Å²) in [5.74, 6) is -0.713. The lowest BCUT2D eigenvalue weighted by Gasteiger charge is -2.22. The highest BCUT2D eigenvalue weighted by Crippen LogP contribution is 2.08. The van der Waals surface area contributed by atoms with Crippen LogP contribution in [0.5, 0.6) is 0 Å². The zero-order valence-electron chi connectivity index (χ0n) is 12.5. The third-order valence-corrected chi connectivity index (χ3v) is 3.29. The molecule has 2 heterocycles. The number of aryl methyl sites for hydroxylation is 1. The number of hydrogen-bond donors (Lipinski definition) is 2. The first-order chi connectivity index (χ1) is 10.5. The highest BCUT2D eigenvalue weighted by atomic mass is 16.5. The van der Waals surface area contributed by atoms with Crippen LogP contribution in [-0.4, -0.2) is 58.8 Å². The topological polar surface area (TPSA) is 106 Å². The van der Waals surface area contributed by atoms with Crippen LogP contribution in [0.3, 0.4) is 0 Å². The van der Waals surface area contributed by atoms with Crippen LogP contribution in [0.4, 0.5) is 4.79 Å². The Balaban J connectivity index is 1.99. The quantitative estimate of drug-likeness (QED) is 0.628. The van der Waals surface area contributed by atoms with E-state index in [4.69, 9.17) is 4.74 Å². The number of imide groups is 1. The maximum Gasteiger partial charge on any atom is 0.322 e. The standard InChI is InChI=1S/C13H19N5O4/c1-17-7-9(6-14-17)8-18(3-4-22-2)11(19)5-10-12(20)16-13(21)15-10/h6-7,10H,3-5,8H2,1-2H3,(H2,15,16,20,21)/t10-/m1/s1. The van der Waals surface area contributed by atoms with Gasteiger partial charge >= 0.3 is 6.03 Å². The van der Waals surface area contributed by atoms with E-state index in [2.05, 4.69) is 15.7 Å². The number of hydrogen-bond acceptors (Lipinski definition) is 5. The Kier molecular flexibility index (Phi) is 5.10. The molecule has 22 heavy (non-hydrogen) atoms. The second kappa shape index (κ2) is 7.03. The molecule has 9 nitrogen and oxygen atoms in total. The highest BCUT2D eigenvalue weighted by molar-refractivity contribution is 6.05. The molecular formula is C13H19N5O4. The molecule has 0 bridgehead atoms. The Morgan fingerprint density at radius 2 is 2.27 bits per heavy atom. The Bertz CT molecular complexity index is 571. The molecule has 1 aliphatic rings. The first-order valence-corrected chi connectivity index (χ1v) is 6.85. The molecule has 9 heteroatoms. The fourth-order valence-corrected chi connectivity index (χ4v) is 2.17. The van der Waals surface area contributed by atoms with Crippen molar-refractivity contribution in [3.63, 3.8) is 0 Å². The number of carbonyl (C=O) groups is 3. The van der Waals surface area contributed by atoms with Gasteiger partial charge in [0, 0.05) is 39.0 Å². The van der Waals surface area contributed by atoms with Gasteiger partial charge in [0.15, 0.2) is 0 Å². The van der Waals surface area contributed by atoms with E-state index in [1.54, 1.807) is 29.9 Å². The van der Waals surface area contributed by atoms with Crippen molar-refractivity contribution in [1.29, 1.82) is 0 Å². The largest absolute Gasteiger partial charge is 0.383 e. The molecule has 1 aromatic rings. The Morgan fingerprint density at radius 3 is 2.82 bits per heavy atom. The molecule has 2 rings (SSSR count). The predicted molar refractivity (Wildman–Crippen MR) is 75.6 cm³/mol. The van der Waals surface area contributed by atoms with E-state index in [-0.39, 0.29) is 12.3 Å². The maximum atomic E-state index is 12.4. The number of aromatic nitrogens is 2. The fraction of sp³-hybridized carbons (Fsp3) is 0.538. The second-order valence-corrected chi connectivity index (χ2v) is 5.05. The summed E-state index contributed by atoms with van der Waals surface area (Å²) in [5, 5.41) is 8.59. The average molecular weight is 309 g/mol. The average Bonchev–Trinajstić information content (AvgIpc) is 3.00. The number of nitrogens with one attached hydrogen (secondary N) is 2. The van der Waals surface area contributed by atoms with Crippen molar-refractivity contribution < 1.29 is 19.1 Å². The van der Waals surface area contributed by atoms with Gasteiger partial charge in [-0.3, -0.25) is 19.6 Å². The summed E-state index contributed by atoms with van der Waals surface area (Å²) in [6, 6.07) is -1.39. The van der Waals surface area contributed by atoms with Gasteiger partial charge in [-0.25, -0.2) is 4.79 Å². The van der Waals surface area contributed by atoms with E-state index in [0.29, 0.717) is 19.7 Å². The lowest BCUT2D eigenvalue weighted by molar-refractivity contribution is -0.135. The summed E-state index contributed by atoms with van der Waals surface area (Å²) in [4.78, 5) is 36.6. The maximum absolute atomic E-state index is 12.4. The minimum absolute atomic E-state index is 0.0818. The number of urea groups is 1.